The van der Waals surface area contributed by atoms with E-state index >= 15 is 0 Å². The van der Waals surface area contributed by atoms with Crippen LogP contribution in [0.5, 0.6) is 5.75 Å². The summed E-state index contributed by atoms with van der Waals surface area (Å²) in [4.78, 5) is 0. The van der Waals surface area contributed by atoms with E-state index in [1.165, 1.54) is 12.8 Å². The van der Waals surface area contributed by atoms with Crippen molar-refractivity contribution in [2.24, 2.45) is 0 Å². The molecule has 1 fully saturated rings. The van der Waals surface area contributed by atoms with Crippen LogP contribution in [0.15, 0.2) is 18.2 Å². The molecule has 2 rings (SSSR count). The fourth-order valence-electron chi connectivity index (χ4n) is 2.46. The van der Waals surface area contributed by atoms with E-state index in [0.717, 1.165) is 30.7 Å². The van der Waals surface area contributed by atoms with Crippen LogP contribution in [0.1, 0.15) is 43.4 Å². The van der Waals surface area contributed by atoms with Crippen molar-refractivity contribution in [3.8, 4) is 5.75 Å². The minimum atomic E-state index is 0.173. The summed E-state index contributed by atoms with van der Waals surface area (Å²) < 4.78 is 5.59. The molecular formula is C15H23NO2. The number of hydrogen-bond acceptors (Lipinski definition) is 3. The smallest absolute Gasteiger partial charge is 0.120 e. The average molecular weight is 249 g/mol. The third-order valence-electron chi connectivity index (χ3n) is 3.59. The highest BCUT2D eigenvalue weighted by Crippen LogP contribution is 2.25. The SMILES string of the molecule is Cc1ccc(C(C)NCCC2CCCO2)c(O)c1. The summed E-state index contributed by atoms with van der Waals surface area (Å²) >= 11 is 0. The van der Waals surface area contributed by atoms with Crippen molar-refractivity contribution in [2.75, 3.05) is 13.2 Å². The molecule has 0 aromatic heterocycles. The van der Waals surface area contributed by atoms with Gasteiger partial charge in [-0.3, -0.25) is 0 Å². The van der Waals surface area contributed by atoms with Crippen LogP contribution in [-0.4, -0.2) is 24.4 Å². The molecule has 0 amide bonds. The van der Waals surface area contributed by atoms with Crippen LogP contribution in [0, 0.1) is 6.92 Å². The lowest BCUT2D eigenvalue weighted by molar-refractivity contribution is 0.103. The Hall–Kier alpha value is -1.06. The molecule has 0 spiro atoms. The second-order valence-electron chi connectivity index (χ2n) is 5.16. The fourth-order valence-corrected chi connectivity index (χ4v) is 2.46. The third-order valence-corrected chi connectivity index (χ3v) is 3.59. The molecule has 3 nitrogen and oxygen atoms in total. The lowest BCUT2D eigenvalue weighted by Crippen LogP contribution is -2.23. The largest absolute Gasteiger partial charge is 0.508 e. The van der Waals surface area contributed by atoms with Crippen LogP contribution >= 0.6 is 0 Å². The number of phenols is 1. The van der Waals surface area contributed by atoms with Gasteiger partial charge in [0.2, 0.25) is 0 Å². The zero-order valence-corrected chi connectivity index (χ0v) is 11.3. The predicted molar refractivity (Wildman–Crippen MR) is 72.9 cm³/mol. The first-order valence-corrected chi connectivity index (χ1v) is 6.81. The van der Waals surface area contributed by atoms with E-state index < -0.39 is 0 Å². The first-order chi connectivity index (χ1) is 8.66. The Labute approximate surface area is 109 Å². The summed E-state index contributed by atoms with van der Waals surface area (Å²) in [6.45, 7) is 5.91. The molecule has 1 aliphatic rings. The molecule has 2 atom stereocenters. The normalized spacial score (nSPS) is 21.1. The standard InChI is InChI=1S/C15H23NO2/c1-11-5-6-14(15(17)10-11)12(2)16-8-7-13-4-3-9-18-13/h5-6,10,12-13,16-17H,3-4,7-9H2,1-2H3. The van der Waals surface area contributed by atoms with E-state index in [1.54, 1.807) is 0 Å². The minimum absolute atomic E-state index is 0.173. The van der Waals surface area contributed by atoms with Gasteiger partial charge in [0.25, 0.3) is 0 Å². The quantitative estimate of drug-likeness (QED) is 0.843. The molecule has 2 unspecified atom stereocenters. The Morgan fingerprint density at radius 1 is 1.50 bits per heavy atom. The fraction of sp³-hybridized carbons (Fsp3) is 0.600. The molecule has 0 aliphatic carbocycles. The van der Waals surface area contributed by atoms with Crippen LogP contribution in [0.25, 0.3) is 0 Å². The molecule has 0 radical (unpaired) electrons. The van der Waals surface area contributed by atoms with E-state index in [4.69, 9.17) is 4.74 Å². The van der Waals surface area contributed by atoms with Crippen LogP contribution in [0.2, 0.25) is 0 Å². The van der Waals surface area contributed by atoms with Gasteiger partial charge < -0.3 is 15.2 Å². The average Bonchev–Trinajstić information content (AvgIpc) is 2.81. The highest BCUT2D eigenvalue weighted by atomic mass is 16.5. The predicted octanol–water partition coefficient (Wildman–Crippen LogP) is 2.92. The van der Waals surface area contributed by atoms with Crippen molar-refractivity contribution >= 4 is 0 Å². The van der Waals surface area contributed by atoms with Gasteiger partial charge in [-0.1, -0.05) is 12.1 Å². The van der Waals surface area contributed by atoms with Gasteiger partial charge in [-0.25, -0.2) is 0 Å². The Balaban J connectivity index is 1.81. The zero-order chi connectivity index (χ0) is 13.0. The number of phenolic OH excluding ortho intramolecular Hbond substituents is 1. The van der Waals surface area contributed by atoms with Gasteiger partial charge in [0.05, 0.1) is 6.10 Å². The molecule has 18 heavy (non-hydrogen) atoms. The number of benzene rings is 1. The van der Waals surface area contributed by atoms with Crippen LogP contribution in [0.3, 0.4) is 0 Å². The van der Waals surface area contributed by atoms with Crippen LogP contribution in [-0.2, 0) is 4.74 Å². The highest BCUT2D eigenvalue weighted by Gasteiger charge is 2.16. The van der Waals surface area contributed by atoms with Gasteiger partial charge >= 0.3 is 0 Å². The second kappa shape index (κ2) is 6.21. The van der Waals surface area contributed by atoms with Gasteiger partial charge in [-0.15, -0.1) is 0 Å². The van der Waals surface area contributed by atoms with Gasteiger partial charge in [0.1, 0.15) is 5.75 Å². The number of hydrogen-bond donors (Lipinski definition) is 2. The molecule has 0 saturated carbocycles. The second-order valence-corrected chi connectivity index (χ2v) is 5.16. The lowest BCUT2D eigenvalue weighted by atomic mass is 10.0. The van der Waals surface area contributed by atoms with Gasteiger partial charge in [-0.05, 0) is 51.3 Å². The number of nitrogens with one attached hydrogen (secondary N) is 1. The van der Waals surface area contributed by atoms with Gasteiger partial charge in [0, 0.05) is 18.2 Å². The Morgan fingerprint density at radius 2 is 2.33 bits per heavy atom. The number of rotatable bonds is 5. The highest BCUT2D eigenvalue weighted by molar-refractivity contribution is 5.37. The Bertz CT molecular complexity index is 386. The molecule has 1 heterocycles. The molecule has 3 heteroatoms. The lowest BCUT2D eigenvalue weighted by Gasteiger charge is -2.17. The summed E-state index contributed by atoms with van der Waals surface area (Å²) in [7, 11) is 0. The van der Waals surface area contributed by atoms with Gasteiger partial charge in [0.15, 0.2) is 0 Å². The summed E-state index contributed by atoms with van der Waals surface area (Å²) in [5.41, 5.74) is 2.05. The maximum Gasteiger partial charge on any atom is 0.120 e. The minimum Gasteiger partial charge on any atom is -0.508 e. The topological polar surface area (TPSA) is 41.5 Å². The zero-order valence-electron chi connectivity index (χ0n) is 11.3. The number of ether oxygens (including phenoxy) is 1. The van der Waals surface area contributed by atoms with Crippen molar-refractivity contribution in [3.63, 3.8) is 0 Å². The third kappa shape index (κ3) is 3.47. The molecule has 100 valence electrons. The van der Waals surface area contributed by atoms with Crippen molar-refractivity contribution in [3.05, 3.63) is 29.3 Å². The van der Waals surface area contributed by atoms with Crippen molar-refractivity contribution in [1.29, 1.82) is 0 Å². The first kappa shape index (κ1) is 13.4. The maximum absolute atomic E-state index is 9.91. The molecule has 0 bridgehead atoms. The molecule has 1 aromatic carbocycles. The summed E-state index contributed by atoms with van der Waals surface area (Å²) in [6.07, 6.45) is 3.86. The Morgan fingerprint density at radius 3 is 3.00 bits per heavy atom. The van der Waals surface area contributed by atoms with E-state index in [9.17, 15) is 5.11 Å². The first-order valence-electron chi connectivity index (χ1n) is 6.81. The monoisotopic (exact) mass is 249 g/mol. The summed E-state index contributed by atoms with van der Waals surface area (Å²) in [5, 5.41) is 13.4. The molecular weight excluding hydrogens is 226 g/mol. The molecule has 1 aliphatic heterocycles. The van der Waals surface area contributed by atoms with E-state index in [1.807, 2.05) is 25.1 Å². The van der Waals surface area contributed by atoms with Crippen LogP contribution < -0.4 is 5.32 Å². The van der Waals surface area contributed by atoms with Crippen LogP contribution in [0.4, 0.5) is 0 Å². The molecule has 1 aromatic rings. The summed E-state index contributed by atoms with van der Waals surface area (Å²) in [6, 6.07) is 6.02. The van der Waals surface area contributed by atoms with Crippen molar-refractivity contribution < 1.29 is 9.84 Å². The summed E-state index contributed by atoms with van der Waals surface area (Å²) in [5.74, 6) is 0.382. The van der Waals surface area contributed by atoms with Gasteiger partial charge in [-0.2, -0.15) is 0 Å². The van der Waals surface area contributed by atoms with Crippen molar-refractivity contribution in [2.45, 2.75) is 45.3 Å². The molecule has 1 saturated heterocycles. The van der Waals surface area contributed by atoms with E-state index in [0.29, 0.717) is 11.9 Å². The van der Waals surface area contributed by atoms with E-state index in [2.05, 4.69) is 12.2 Å². The number of aryl methyl sites for hydroxylation is 1. The maximum atomic E-state index is 9.91. The molecule has 2 N–H and O–H groups in total. The van der Waals surface area contributed by atoms with E-state index in [-0.39, 0.29) is 6.04 Å². The number of aromatic hydroxyl groups is 1. The Kier molecular flexibility index (Phi) is 4.61. The van der Waals surface area contributed by atoms with Crippen molar-refractivity contribution in [1.82, 2.24) is 5.32 Å².